The van der Waals surface area contributed by atoms with Crippen molar-refractivity contribution >= 4 is 17.4 Å². The minimum atomic E-state index is 0.0702. The van der Waals surface area contributed by atoms with Crippen LogP contribution in [0.5, 0.6) is 0 Å². The zero-order valence-electron chi connectivity index (χ0n) is 8.77. The molecule has 0 aliphatic rings. The molecule has 0 spiro atoms. The average Bonchev–Trinajstić information content (AvgIpc) is 2.30. The van der Waals surface area contributed by atoms with Gasteiger partial charge in [0, 0.05) is 17.3 Å². The number of ketones is 1. The predicted molar refractivity (Wildman–Crippen MR) is 64.7 cm³/mol. The minimum absolute atomic E-state index is 0.0702. The first-order valence-corrected chi connectivity index (χ1v) is 5.27. The molecule has 2 aromatic rings. The molecule has 0 fully saturated rings. The summed E-state index contributed by atoms with van der Waals surface area (Å²) in [4.78, 5) is 15.1. The van der Waals surface area contributed by atoms with Gasteiger partial charge in [0.05, 0.1) is 0 Å². The molecule has 0 N–H and O–H groups in total. The van der Waals surface area contributed by atoms with Gasteiger partial charge < -0.3 is 0 Å². The van der Waals surface area contributed by atoms with Crippen LogP contribution in [0, 0.1) is 0 Å². The van der Waals surface area contributed by atoms with Crippen molar-refractivity contribution in [2.24, 2.45) is 0 Å². The van der Waals surface area contributed by atoms with E-state index in [1.54, 1.807) is 19.2 Å². The maximum atomic E-state index is 11.1. The fraction of sp³-hybridized carbons (Fsp3) is 0.0769. The van der Waals surface area contributed by atoms with Crippen LogP contribution in [-0.4, -0.2) is 10.8 Å². The number of carbonyl (C=O) groups excluding carboxylic acids is 1. The Morgan fingerprint density at radius 3 is 2.19 bits per heavy atom. The third-order valence-electron chi connectivity index (χ3n) is 2.35. The molecule has 3 heteroatoms. The highest BCUT2D eigenvalue weighted by Gasteiger charge is 2.01. The van der Waals surface area contributed by atoms with Crippen LogP contribution in [0.25, 0.3) is 11.1 Å². The Balaban J connectivity index is 2.34. The Morgan fingerprint density at radius 1 is 1.06 bits per heavy atom. The van der Waals surface area contributed by atoms with Gasteiger partial charge in [-0.3, -0.25) is 4.79 Å². The van der Waals surface area contributed by atoms with Crippen molar-refractivity contribution < 1.29 is 4.79 Å². The molecular formula is C13H10ClNO. The van der Waals surface area contributed by atoms with Gasteiger partial charge in [0.25, 0.3) is 0 Å². The van der Waals surface area contributed by atoms with E-state index in [-0.39, 0.29) is 5.78 Å². The minimum Gasteiger partial charge on any atom is -0.295 e. The summed E-state index contributed by atoms with van der Waals surface area (Å²) in [5.41, 5.74) is 2.72. The van der Waals surface area contributed by atoms with E-state index in [1.807, 2.05) is 30.3 Å². The molecule has 0 aliphatic heterocycles. The lowest BCUT2D eigenvalue weighted by Crippen LogP contribution is -1.90. The zero-order valence-corrected chi connectivity index (χ0v) is 9.53. The van der Waals surface area contributed by atoms with Gasteiger partial charge in [-0.25, -0.2) is 4.98 Å². The molecule has 1 aromatic heterocycles. The van der Waals surface area contributed by atoms with Gasteiger partial charge in [0.2, 0.25) is 0 Å². The van der Waals surface area contributed by atoms with E-state index >= 15 is 0 Å². The largest absolute Gasteiger partial charge is 0.295 e. The molecule has 0 amide bonds. The van der Waals surface area contributed by atoms with Gasteiger partial charge in [0.15, 0.2) is 5.78 Å². The fourth-order valence-electron chi connectivity index (χ4n) is 1.44. The van der Waals surface area contributed by atoms with Gasteiger partial charge in [-0.05, 0) is 24.6 Å². The number of halogens is 1. The molecule has 80 valence electrons. The highest BCUT2D eigenvalue weighted by atomic mass is 35.5. The summed E-state index contributed by atoms with van der Waals surface area (Å²) in [6, 6.07) is 11.1. The van der Waals surface area contributed by atoms with E-state index in [2.05, 4.69) is 4.98 Å². The van der Waals surface area contributed by atoms with Crippen LogP contribution < -0.4 is 0 Å². The maximum Gasteiger partial charge on any atom is 0.159 e. The molecule has 2 nitrogen and oxygen atoms in total. The van der Waals surface area contributed by atoms with Crippen LogP contribution in [-0.2, 0) is 0 Å². The first kappa shape index (κ1) is 10.8. The van der Waals surface area contributed by atoms with Crippen LogP contribution in [0.4, 0.5) is 0 Å². The average molecular weight is 232 g/mol. The molecule has 1 heterocycles. The van der Waals surface area contributed by atoms with Crippen molar-refractivity contribution in [2.45, 2.75) is 6.92 Å². The van der Waals surface area contributed by atoms with Gasteiger partial charge in [-0.15, -0.1) is 0 Å². The molecule has 0 aliphatic carbocycles. The molecule has 0 saturated carbocycles. The molecule has 0 radical (unpaired) electrons. The molecule has 0 unspecified atom stereocenters. The topological polar surface area (TPSA) is 30.0 Å². The normalized spacial score (nSPS) is 10.1. The second-order valence-corrected chi connectivity index (χ2v) is 3.89. The molecule has 1 aromatic carbocycles. The van der Waals surface area contributed by atoms with Crippen molar-refractivity contribution in [3.05, 3.63) is 53.3 Å². The Morgan fingerprint density at radius 2 is 1.69 bits per heavy atom. The van der Waals surface area contributed by atoms with Gasteiger partial charge in [-0.2, -0.15) is 0 Å². The number of aromatic nitrogens is 1. The van der Waals surface area contributed by atoms with E-state index in [0.29, 0.717) is 10.7 Å². The van der Waals surface area contributed by atoms with E-state index in [9.17, 15) is 4.79 Å². The van der Waals surface area contributed by atoms with Gasteiger partial charge in [-0.1, -0.05) is 35.9 Å². The zero-order chi connectivity index (χ0) is 11.5. The number of carbonyl (C=O) groups is 1. The van der Waals surface area contributed by atoms with Crippen LogP contribution in [0.1, 0.15) is 17.3 Å². The number of hydrogen-bond acceptors (Lipinski definition) is 2. The molecular weight excluding hydrogens is 222 g/mol. The highest BCUT2D eigenvalue weighted by molar-refractivity contribution is 6.29. The quantitative estimate of drug-likeness (QED) is 0.584. The summed E-state index contributed by atoms with van der Waals surface area (Å²) >= 11 is 5.71. The maximum absolute atomic E-state index is 11.1. The van der Waals surface area contributed by atoms with E-state index in [0.717, 1.165) is 11.1 Å². The van der Waals surface area contributed by atoms with Crippen molar-refractivity contribution in [1.82, 2.24) is 4.98 Å². The fourth-order valence-corrected chi connectivity index (χ4v) is 1.56. The predicted octanol–water partition coefficient (Wildman–Crippen LogP) is 3.60. The number of hydrogen-bond donors (Lipinski definition) is 0. The Bertz CT molecular complexity index is 502. The summed E-state index contributed by atoms with van der Waals surface area (Å²) in [6.07, 6.45) is 1.71. The Kier molecular flexibility index (Phi) is 3.02. The SMILES string of the molecule is CC(=O)c1ccc(-c2ccc(Cl)nc2)cc1. The molecule has 0 saturated heterocycles. The first-order chi connectivity index (χ1) is 7.66. The summed E-state index contributed by atoms with van der Waals surface area (Å²) in [6.45, 7) is 1.55. The van der Waals surface area contributed by atoms with Crippen LogP contribution in [0.3, 0.4) is 0 Å². The van der Waals surface area contributed by atoms with Crippen LogP contribution in [0.2, 0.25) is 5.15 Å². The van der Waals surface area contributed by atoms with E-state index in [4.69, 9.17) is 11.6 Å². The van der Waals surface area contributed by atoms with Gasteiger partial charge in [0.1, 0.15) is 5.15 Å². The van der Waals surface area contributed by atoms with Crippen molar-refractivity contribution in [3.8, 4) is 11.1 Å². The van der Waals surface area contributed by atoms with Crippen molar-refractivity contribution in [1.29, 1.82) is 0 Å². The lowest BCUT2D eigenvalue weighted by Gasteiger charge is -2.02. The van der Waals surface area contributed by atoms with Crippen molar-refractivity contribution in [3.63, 3.8) is 0 Å². The molecule has 16 heavy (non-hydrogen) atoms. The van der Waals surface area contributed by atoms with Crippen LogP contribution in [0.15, 0.2) is 42.6 Å². The molecule has 2 rings (SSSR count). The second-order valence-electron chi connectivity index (χ2n) is 3.50. The first-order valence-electron chi connectivity index (χ1n) is 4.90. The monoisotopic (exact) mass is 231 g/mol. The van der Waals surface area contributed by atoms with E-state index in [1.165, 1.54) is 0 Å². The lowest BCUT2D eigenvalue weighted by atomic mass is 10.0. The third-order valence-corrected chi connectivity index (χ3v) is 2.58. The molecule has 0 bridgehead atoms. The van der Waals surface area contributed by atoms with E-state index < -0.39 is 0 Å². The number of pyridine rings is 1. The standard InChI is InChI=1S/C13H10ClNO/c1-9(16)10-2-4-11(5-3-10)12-6-7-13(14)15-8-12/h2-8H,1H3. The van der Waals surface area contributed by atoms with Crippen molar-refractivity contribution in [2.75, 3.05) is 0 Å². The summed E-state index contributed by atoms with van der Waals surface area (Å²) in [5, 5.41) is 0.476. The number of benzene rings is 1. The lowest BCUT2D eigenvalue weighted by molar-refractivity contribution is 0.101. The number of Topliss-reactive ketones (excluding diaryl/α,β-unsaturated/α-hetero) is 1. The summed E-state index contributed by atoms with van der Waals surface area (Å²) in [5.74, 6) is 0.0702. The number of nitrogens with zero attached hydrogens (tertiary/aromatic N) is 1. The summed E-state index contributed by atoms with van der Waals surface area (Å²) in [7, 11) is 0. The Hall–Kier alpha value is -1.67. The van der Waals surface area contributed by atoms with Gasteiger partial charge >= 0.3 is 0 Å². The molecule has 0 atom stereocenters. The second kappa shape index (κ2) is 4.45. The Labute approximate surface area is 98.9 Å². The van der Waals surface area contributed by atoms with Crippen LogP contribution >= 0.6 is 11.6 Å². The smallest absolute Gasteiger partial charge is 0.159 e. The highest BCUT2D eigenvalue weighted by Crippen LogP contribution is 2.20. The number of rotatable bonds is 2. The third kappa shape index (κ3) is 2.28. The summed E-state index contributed by atoms with van der Waals surface area (Å²) < 4.78 is 0.